The van der Waals surface area contributed by atoms with Gasteiger partial charge >= 0.3 is 0 Å². The van der Waals surface area contributed by atoms with E-state index in [-0.39, 0.29) is 11.9 Å². The van der Waals surface area contributed by atoms with Crippen molar-refractivity contribution < 1.29 is 9.53 Å². The Morgan fingerprint density at radius 3 is 2.64 bits per heavy atom. The number of aromatic nitrogens is 2. The van der Waals surface area contributed by atoms with Crippen molar-refractivity contribution in [3.05, 3.63) is 82.3 Å². The van der Waals surface area contributed by atoms with E-state index in [0.717, 1.165) is 28.2 Å². The van der Waals surface area contributed by atoms with Gasteiger partial charge in [0.05, 0.1) is 29.1 Å². The SMILES string of the molecule is COc1ccc(Cn2c(C(C)NC(=O)c3cccs3)nc3ccccc32)cc1. The van der Waals surface area contributed by atoms with Crippen molar-refractivity contribution in [2.45, 2.75) is 19.5 Å². The molecule has 0 aliphatic rings. The molecule has 1 atom stereocenters. The second kappa shape index (κ2) is 7.86. The minimum atomic E-state index is -0.222. The van der Waals surface area contributed by atoms with E-state index in [9.17, 15) is 4.79 Å². The molecule has 0 fully saturated rings. The predicted octanol–water partition coefficient (Wildman–Crippen LogP) is 4.65. The number of carbonyl (C=O) groups excluding carboxylic acids is 1. The number of hydrogen-bond acceptors (Lipinski definition) is 4. The zero-order valence-corrected chi connectivity index (χ0v) is 16.6. The molecular weight excluding hydrogens is 370 g/mol. The first kappa shape index (κ1) is 18.3. The number of fused-ring (bicyclic) bond motifs is 1. The summed E-state index contributed by atoms with van der Waals surface area (Å²) in [6.45, 7) is 2.64. The number of benzene rings is 2. The Hall–Kier alpha value is -3.12. The number of thiophene rings is 1. The largest absolute Gasteiger partial charge is 0.497 e. The minimum absolute atomic E-state index is 0.0782. The summed E-state index contributed by atoms with van der Waals surface area (Å²) in [5.41, 5.74) is 3.11. The molecule has 5 nitrogen and oxygen atoms in total. The number of carbonyl (C=O) groups is 1. The standard InChI is InChI=1S/C22H21N3O2S/c1-15(23-22(26)20-8-5-13-28-20)21-24-18-6-3-4-7-19(18)25(21)14-16-9-11-17(27-2)12-10-16/h3-13,15H,14H2,1-2H3,(H,23,26). The molecule has 0 saturated heterocycles. The quantitative estimate of drug-likeness (QED) is 0.521. The fourth-order valence-corrected chi connectivity index (χ4v) is 3.87. The maximum atomic E-state index is 12.5. The number of ether oxygens (including phenoxy) is 1. The van der Waals surface area contributed by atoms with Crippen LogP contribution < -0.4 is 10.1 Å². The highest BCUT2D eigenvalue weighted by molar-refractivity contribution is 7.12. The van der Waals surface area contributed by atoms with Crippen LogP contribution in [0.4, 0.5) is 0 Å². The molecule has 0 spiro atoms. The lowest BCUT2D eigenvalue weighted by Gasteiger charge is -2.16. The van der Waals surface area contributed by atoms with Crippen LogP contribution in [0.25, 0.3) is 11.0 Å². The first-order chi connectivity index (χ1) is 13.7. The normalized spacial score (nSPS) is 12.1. The topological polar surface area (TPSA) is 56.1 Å². The van der Waals surface area contributed by atoms with Gasteiger partial charge in [0.1, 0.15) is 11.6 Å². The van der Waals surface area contributed by atoms with Crippen molar-refractivity contribution in [1.29, 1.82) is 0 Å². The van der Waals surface area contributed by atoms with Crippen LogP contribution in [0.1, 0.15) is 34.0 Å². The number of hydrogen-bond donors (Lipinski definition) is 1. The maximum absolute atomic E-state index is 12.5. The van der Waals surface area contributed by atoms with Crippen molar-refractivity contribution in [3.63, 3.8) is 0 Å². The number of amides is 1. The molecule has 0 saturated carbocycles. The Balaban J connectivity index is 1.67. The summed E-state index contributed by atoms with van der Waals surface area (Å²) >= 11 is 1.43. The maximum Gasteiger partial charge on any atom is 0.261 e. The van der Waals surface area contributed by atoms with Gasteiger partial charge in [-0.1, -0.05) is 30.3 Å². The highest BCUT2D eigenvalue weighted by Gasteiger charge is 2.19. The summed E-state index contributed by atoms with van der Waals surface area (Å²) in [5, 5.41) is 4.97. The van der Waals surface area contributed by atoms with Crippen molar-refractivity contribution in [2.24, 2.45) is 0 Å². The van der Waals surface area contributed by atoms with Gasteiger partial charge in [-0.25, -0.2) is 4.98 Å². The van der Waals surface area contributed by atoms with Gasteiger partial charge in [-0.3, -0.25) is 4.79 Å². The highest BCUT2D eigenvalue weighted by Crippen LogP contribution is 2.23. The monoisotopic (exact) mass is 391 g/mol. The van der Waals surface area contributed by atoms with Gasteiger partial charge in [0.25, 0.3) is 5.91 Å². The second-order valence-electron chi connectivity index (χ2n) is 6.57. The summed E-state index contributed by atoms with van der Waals surface area (Å²) in [6, 6.07) is 19.5. The lowest BCUT2D eigenvalue weighted by molar-refractivity contribution is 0.0942. The molecule has 1 amide bonds. The molecule has 0 aliphatic carbocycles. The molecule has 0 aliphatic heterocycles. The zero-order valence-electron chi connectivity index (χ0n) is 15.8. The van der Waals surface area contributed by atoms with Gasteiger partial charge in [-0.2, -0.15) is 0 Å². The van der Waals surface area contributed by atoms with Crippen molar-refractivity contribution in [1.82, 2.24) is 14.9 Å². The number of methoxy groups -OCH3 is 1. The van der Waals surface area contributed by atoms with Gasteiger partial charge in [0, 0.05) is 6.54 Å². The van der Waals surface area contributed by atoms with Crippen LogP contribution in [-0.2, 0) is 6.54 Å². The summed E-state index contributed by atoms with van der Waals surface area (Å²) in [4.78, 5) is 18.0. The lowest BCUT2D eigenvalue weighted by Crippen LogP contribution is -2.28. The van der Waals surface area contributed by atoms with E-state index in [0.29, 0.717) is 11.4 Å². The van der Waals surface area contributed by atoms with E-state index in [1.54, 1.807) is 7.11 Å². The number of nitrogens with zero attached hydrogens (tertiary/aromatic N) is 2. The van der Waals surface area contributed by atoms with E-state index in [1.165, 1.54) is 11.3 Å². The molecular formula is C22H21N3O2S. The molecule has 2 heterocycles. The van der Waals surface area contributed by atoms with Crippen molar-refractivity contribution >= 4 is 28.3 Å². The molecule has 0 bridgehead atoms. The molecule has 0 radical (unpaired) electrons. The van der Waals surface area contributed by atoms with Crippen LogP contribution in [-0.4, -0.2) is 22.6 Å². The third-order valence-electron chi connectivity index (χ3n) is 4.66. The van der Waals surface area contributed by atoms with E-state index in [2.05, 4.69) is 16.0 Å². The van der Waals surface area contributed by atoms with E-state index >= 15 is 0 Å². The van der Waals surface area contributed by atoms with Crippen LogP contribution >= 0.6 is 11.3 Å². The Labute approximate surface area is 167 Å². The lowest BCUT2D eigenvalue weighted by atomic mass is 10.2. The molecule has 2 aromatic heterocycles. The molecule has 142 valence electrons. The summed E-state index contributed by atoms with van der Waals surface area (Å²) in [7, 11) is 1.66. The van der Waals surface area contributed by atoms with Gasteiger partial charge in [0.2, 0.25) is 0 Å². The van der Waals surface area contributed by atoms with Crippen LogP contribution in [0.2, 0.25) is 0 Å². The Morgan fingerprint density at radius 2 is 1.93 bits per heavy atom. The average molecular weight is 391 g/mol. The molecule has 1 N–H and O–H groups in total. The van der Waals surface area contributed by atoms with Crippen LogP contribution in [0.3, 0.4) is 0 Å². The fraction of sp³-hybridized carbons (Fsp3) is 0.182. The second-order valence-corrected chi connectivity index (χ2v) is 7.51. The minimum Gasteiger partial charge on any atom is -0.497 e. The molecule has 4 rings (SSSR count). The van der Waals surface area contributed by atoms with E-state index in [4.69, 9.17) is 9.72 Å². The van der Waals surface area contributed by atoms with Crippen molar-refractivity contribution in [3.8, 4) is 5.75 Å². The molecule has 4 aromatic rings. The molecule has 2 aromatic carbocycles. The predicted molar refractivity (Wildman–Crippen MR) is 112 cm³/mol. The van der Waals surface area contributed by atoms with Crippen LogP contribution in [0, 0.1) is 0 Å². The smallest absolute Gasteiger partial charge is 0.261 e. The molecule has 1 unspecified atom stereocenters. The summed E-state index contributed by atoms with van der Waals surface area (Å²) in [6.07, 6.45) is 0. The first-order valence-electron chi connectivity index (χ1n) is 9.08. The fourth-order valence-electron chi connectivity index (χ4n) is 3.24. The third-order valence-corrected chi connectivity index (χ3v) is 5.53. The third kappa shape index (κ3) is 3.64. The Kier molecular flexibility index (Phi) is 5.12. The molecule has 6 heteroatoms. The Bertz CT molecular complexity index is 1080. The van der Waals surface area contributed by atoms with Crippen molar-refractivity contribution in [2.75, 3.05) is 7.11 Å². The van der Waals surface area contributed by atoms with Crippen LogP contribution in [0.15, 0.2) is 66.0 Å². The van der Waals surface area contributed by atoms with Crippen LogP contribution in [0.5, 0.6) is 5.75 Å². The van der Waals surface area contributed by atoms with Gasteiger partial charge in [0.15, 0.2) is 0 Å². The number of nitrogens with one attached hydrogen (secondary N) is 1. The zero-order chi connectivity index (χ0) is 19.5. The van der Waals surface area contributed by atoms with Gasteiger partial charge < -0.3 is 14.6 Å². The number of imidazole rings is 1. The first-order valence-corrected chi connectivity index (χ1v) is 9.96. The number of para-hydroxylation sites is 2. The van der Waals surface area contributed by atoms with E-state index < -0.39 is 0 Å². The molecule has 28 heavy (non-hydrogen) atoms. The highest BCUT2D eigenvalue weighted by atomic mass is 32.1. The number of rotatable bonds is 6. The summed E-state index contributed by atoms with van der Waals surface area (Å²) < 4.78 is 7.41. The van der Waals surface area contributed by atoms with Gasteiger partial charge in [-0.15, -0.1) is 11.3 Å². The van der Waals surface area contributed by atoms with E-state index in [1.807, 2.05) is 66.9 Å². The summed E-state index contributed by atoms with van der Waals surface area (Å²) in [5.74, 6) is 1.59. The van der Waals surface area contributed by atoms with Gasteiger partial charge in [-0.05, 0) is 48.2 Å². The Morgan fingerprint density at radius 1 is 1.14 bits per heavy atom. The average Bonchev–Trinajstić information content (AvgIpc) is 3.37.